The van der Waals surface area contributed by atoms with Crippen LogP contribution in [0.2, 0.25) is 0 Å². The molecule has 5 aromatic heterocycles. The quantitative estimate of drug-likeness (QED) is 0.222. The van der Waals surface area contributed by atoms with E-state index in [2.05, 4.69) is 51.5 Å². The number of benzene rings is 1. The zero-order chi connectivity index (χ0) is 25.1. The number of rotatable bonds is 4. The van der Waals surface area contributed by atoms with Gasteiger partial charge in [0.05, 0.1) is 46.9 Å². The van der Waals surface area contributed by atoms with Crippen molar-refractivity contribution in [3.63, 3.8) is 0 Å². The van der Waals surface area contributed by atoms with Gasteiger partial charge >= 0.3 is 5.69 Å². The Balaban J connectivity index is 1.45. The second-order valence-corrected chi connectivity index (χ2v) is 9.31. The summed E-state index contributed by atoms with van der Waals surface area (Å²) in [5.74, 6) is 0.287. The third-order valence-electron chi connectivity index (χ3n) is 7.01. The number of H-pyrrole nitrogens is 5. The molecule has 0 spiro atoms. The van der Waals surface area contributed by atoms with Crippen LogP contribution in [0.1, 0.15) is 40.2 Å². The van der Waals surface area contributed by atoms with Crippen LogP contribution in [-0.4, -0.2) is 40.1 Å². The average molecular weight is 496 g/mol. The summed E-state index contributed by atoms with van der Waals surface area (Å²) in [6.45, 7) is 1.94. The molecule has 11 heteroatoms. The highest BCUT2D eigenvalue weighted by Gasteiger charge is 2.48. The first-order chi connectivity index (χ1) is 18.0. The summed E-state index contributed by atoms with van der Waals surface area (Å²) in [7, 11) is 0. The summed E-state index contributed by atoms with van der Waals surface area (Å²) < 4.78 is 13.4. The van der Waals surface area contributed by atoms with Crippen LogP contribution in [-0.2, 0) is 12.0 Å². The molecule has 1 aliphatic rings. The van der Waals surface area contributed by atoms with Gasteiger partial charge in [0.25, 0.3) is 0 Å². The predicted octanol–water partition coefficient (Wildman–Crippen LogP) is 3.32. The first kappa shape index (κ1) is 21.5. The van der Waals surface area contributed by atoms with Gasteiger partial charge in [0.2, 0.25) is 0 Å². The highest BCUT2D eigenvalue weighted by molar-refractivity contribution is 5.86. The minimum Gasteiger partial charge on any atom is -0.356 e. The summed E-state index contributed by atoms with van der Waals surface area (Å²) in [5, 5.41) is 12.5. The van der Waals surface area contributed by atoms with Crippen molar-refractivity contribution >= 4 is 10.9 Å². The molecule has 1 aromatic carbocycles. The van der Waals surface area contributed by atoms with Crippen molar-refractivity contribution < 1.29 is 4.39 Å². The van der Waals surface area contributed by atoms with E-state index in [1.54, 1.807) is 18.5 Å². The lowest BCUT2D eigenvalue weighted by Gasteiger charge is -2.40. The van der Waals surface area contributed by atoms with Crippen LogP contribution in [0.3, 0.4) is 0 Å². The second-order valence-electron chi connectivity index (χ2n) is 9.31. The first-order valence-corrected chi connectivity index (χ1v) is 11.9. The highest BCUT2D eigenvalue weighted by atomic mass is 19.1. The Morgan fingerprint density at radius 1 is 1.05 bits per heavy atom. The van der Waals surface area contributed by atoms with Gasteiger partial charge < -0.3 is 19.9 Å². The van der Waals surface area contributed by atoms with Crippen LogP contribution in [0.25, 0.3) is 22.3 Å². The van der Waals surface area contributed by atoms with Crippen LogP contribution in [0, 0.1) is 12.7 Å². The molecule has 1 aliphatic heterocycles. The molecule has 0 bridgehead atoms. The smallest absolute Gasteiger partial charge is 0.323 e. The molecule has 10 nitrogen and oxygen atoms in total. The molecule has 7 rings (SSSR count). The normalized spacial score (nSPS) is 19.4. The molecule has 6 aromatic rings. The summed E-state index contributed by atoms with van der Waals surface area (Å²) in [5.41, 5.74) is 5.13. The van der Waals surface area contributed by atoms with E-state index in [1.807, 2.05) is 31.2 Å². The number of nitrogens with zero attached hydrogens (tertiary/aromatic N) is 3. The topological polar surface area (TPSA) is 147 Å². The van der Waals surface area contributed by atoms with Gasteiger partial charge in [-0.3, -0.25) is 15.4 Å². The number of fused-ring (bicyclic) bond motifs is 3. The molecular weight excluding hydrogens is 473 g/mol. The Morgan fingerprint density at radius 3 is 2.70 bits per heavy atom. The maximum atomic E-state index is 13.4. The number of pyridine rings is 1. The largest absolute Gasteiger partial charge is 0.356 e. The third-order valence-corrected chi connectivity index (χ3v) is 7.01. The van der Waals surface area contributed by atoms with Gasteiger partial charge in [0.1, 0.15) is 17.2 Å². The van der Waals surface area contributed by atoms with Crippen molar-refractivity contribution in [3.05, 3.63) is 112 Å². The lowest BCUT2D eigenvalue weighted by molar-refractivity contribution is 0.339. The van der Waals surface area contributed by atoms with Crippen molar-refractivity contribution in [1.82, 2.24) is 45.4 Å². The molecule has 6 heterocycles. The summed E-state index contributed by atoms with van der Waals surface area (Å²) in [6, 6.07) is 12.8. The predicted molar refractivity (Wildman–Crippen MR) is 134 cm³/mol. The monoisotopic (exact) mass is 495 g/mol. The van der Waals surface area contributed by atoms with Gasteiger partial charge in [-0.25, -0.2) is 14.2 Å². The van der Waals surface area contributed by atoms with E-state index >= 15 is 0 Å². The zero-order valence-corrected chi connectivity index (χ0v) is 19.7. The van der Waals surface area contributed by atoms with E-state index < -0.39 is 11.4 Å². The fraction of sp³-hybridized carbons (Fsp3) is 0.154. The fourth-order valence-electron chi connectivity index (χ4n) is 5.36. The molecule has 184 valence electrons. The number of nitrogens with one attached hydrogen (secondary N) is 6. The zero-order valence-electron chi connectivity index (χ0n) is 19.7. The molecular formula is C26H22FN9O. The molecule has 0 fully saturated rings. The molecule has 0 saturated carbocycles. The van der Waals surface area contributed by atoms with Crippen LogP contribution >= 0.6 is 0 Å². The van der Waals surface area contributed by atoms with Crippen molar-refractivity contribution in [2.45, 2.75) is 24.9 Å². The Kier molecular flexibility index (Phi) is 4.57. The SMILES string of the molecule is Cc1cc([C@@]2(c3c[nH]c(=O)[nH]3)N[C@@H](c3ncc(-c4ccc(F)cn4)[nH]3)Cc3c2[nH]c2ccccc32)n[nH]1. The van der Waals surface area contributed by atoms with Gasteiger partial charge in [0, 0.05) is 22.8 Å². The van der Waals surface area contributed by atoms with Gasteiger partial charge in [-0.2, -0.15) is 5.10 Å². The maximum Gasteiger partial charge on any atom is 0.323 e. The molecule has 0 unspecified atom stereocenters. The molecule has 37 heavy (non-hydrogen) atoms. The number of para-hydroxylation sites is 1. The van der Waals surface area contributed by atoms with E-state index in [-0.39, 0.29) is 11.7 Å². The van der Waals surface area contributed by atoms with Gasteiger partial charge in [-0.15, -0.1) is 0 Å². The molecule has 2 atom stereocenters. The van der Waals surface area contributed by atoms with E-state index in [4.69, 9.17) is 0 Å². The fourth-order valence-corrected chi connectivity index (χ4v) is 5.36. The lowest BCUT2D eigenvalue weighted by Crippen LogP contribution is -2.51. The average Bonchev–Trinajstić information content (AvgIpc) is 3.70. The molecule has 0 saturated heterocycles. The van der Waals surface area contributed by atoms with Crippen molar-refractivity contribution in [1.29, 1.82) is 0 Å². The van der Waals surface area contributed by atoms with Gasteiger partial charge in [-0.1, -0.05) is 18.2 Å². The number of aromatic amines is 5. The van der Waals surface area contributed by atoms with Crippen molar-refractivity contribution in [2.24, 2.45) is 0 Å². The second kappa shape index (κ2) is 7.87. The molecule has 0 amide bonds. The number of imidazole rings is 2. The van der Waals surface area contributed by atoms with Gasteiger partial charge in [0.15, 0.2) is 0 Å². The van der Waals surface area contributed by atoms with E-state index in [0.29, 0.717) is 35.0 Å². The third kappa shape index (κ3) is 3.28. The highest BCUT2D eigenvalue weighted by Crippen LogP contribution is 2.45. The number of aryl methyl sites for hydroxylation is 1. The molecule has 6 N–H and O–H groups in total. The summed E-state index contributed by atoms with van der Waals surface area (Å²) >= 11 is 0. The maximum absolute atomic E-state index is 13.4. The standard InChI is InChI=1S/C26H22FN9O/c1-13-8-21(36-35-13)26(22-12-30-25(37)33-22)23-16(15-4-2-3-5-17(15)31-23)9-19(34-26)24-29-11-20(32-24)18-7-6-14(27)10-28-18/h2-8,10-12,19,31,34H,9H2,1H3,(H,29,32)(H,35,36)(H2,30,33,37)/t19-,26+/m1/s1. The van der Waals surface area contributed by atoms with Crippen LogP contribution < -0.4 is 11.0 Å². The number of aromatic nitrogens is 8. The Bertz CT molecular complexity index is 1810. The number of hydrogen-bond acceptors (Lipinski definition) is 5. The summed E-state index contributed by atoms with van der Waals surface area (Å²) in [6.07, 6.45) is 5.18. The Morgan fingerprint density at radius 2 is 1.95 bits per heavy atom. The van der Waals surface area contributed by atoms with Crippen molar-refractivity contribution in [2.75, 3.05) is 0 Å². The minimum atomic E-state index is -1.01. The van der Waals surface area contributed by atoms with Gasteiger partial charge in [-0.05, 0) is 43.2 Å². The minimum absolute atomic E-state index is 0.281. The number of hydrogen-bond donors (Lipinski definition) is 6. The molecule has 0 radical (unpaired) electrons. The molecule has 0 aliphatic carbocycles. The van der Waals surface area contributed by atoms with E-state index in [0.717, 1.165) is 27.9 Å². The van der Waals surface area contributed by atoms with E-state index in [9.17, 15) is 9.18 Å². The Hall–Kier alpha value is -4.77. The van der Waals surface area contributed by atoms with Crippen LogP contribution in [0.5, 0.6) is 0 Å². The van der Waals surface area contributed by atoms with Crippen LogP contribution in [0.15, 0.2) is 65.8 Å². The first-order valence-electron chi connectivity index (χ1n) is 11.9. The summed E-state index contributed by atoms with van der Waals surface area (Å²) in [4.78, 5) is 33.8. The number of halogens is 1. The van der Waals surface area contributed by atoms with E-state index in [1.165, 1.54) is 12.3 Å². The van der Waals surface area contributed by atoms with Crippen LogP contribution in [0.4, 0.5) is 4.39 Å². The van der Waals surface area contributed by atoms with Crippen molar-refractivity contribution in [3.8, 4) is 11.4 Å². The lowest BCUT2D eigenvalue weighted by atomic mass is 9.79. The Labute approximate surface area is 208 Å².